The molecule has 0 radical (unpaired) electrons. The molecule has 2 nitrogen and oxygen atoms in total. The number of halogens is 2. The van der Waals surface area contributed by atoms with Gasteiger partial charge in [0.2, 0.25) is 0 Å². The number of ether oxygens (including phenoxy) is 1. The molecule has 0 saturated carbocycles. The number of hydrogen-bond donors (Lipinski definition) is 1. The van der Waals surface area contributed by atoms with E-state index in [9.17, 15) is 5.11 Å². The normalized spacial score (nSPS) is 14.6. The molecule has 1 aliphatic rings. The first-order valence-electron chi connectivity index (χ1n) is 6.98. The number of aliphatic hydroxyl groups excluding tert-OH is 1. The Morgan fingerprint density at radius 3 is 2.57 bits per heavy atom. The van der Waals surface area contributed by atoms with Crippen LogP contribution in [0.15, 0.2) is 36.4 Å². The topological polar surface area (TPSA) is 29.5 Å². The highest BCUT2D eigenvalue weighted by atomic mass is 35.5. The summed E-state index contributed by atoms with van der Waals surface area (Å²) in [7, 11) is 0. The van der Waals surface area contributed by atoms with Crippen molar-refractivity contribution in [3.05, 3.63) is 63.1 Å². The molecule has 0 spiro atoms. The Morgan fingerprint density at radius 2 is 1.81 bits per heavy atom. The van der Waals surface area contributed by atoms with Crippen LogP contribution in [0.3, 0.4) is 0 Å². The van der Waals surface area contributed by atoms with Gasteiger partial charge in [-0.05, 0) is 47.4 Å². The molecular weight excluding hydrogens is 307 g/mol. The summed E-state index contributed by atoms with van der Waals surface area (Å²) in [6.07, 6.45) is 1.53. The molecule has 1 aliphatic heterocycles. The molecule has 4 heteroatoms. The van der Waals surface area contributed by atoms with Gasteiger partial charge in [0.25, 0.3) is 0 Å². The highest BCUT2D eigenvalue weighted by Gasteiger charge is 2.19. The van der Waals surface area contributed by atoms with Crippen molar-refractivity contribution in [2.24, 2.45) is 0 Å². The van der Waals surface area contributed by atoms with Crippen LogP contribution in [0.2, 0.25) is 10.0 Å². The highest BCUT2D eigenvalue weighted by molar-refractivity contribution is 6.31. The lowest BCUT2D eigenvalue weighted by atomic mass is 9.99. The number of aliphatic hydroxyl groups is 1. The van der Waals surface area contributed by atoms with Gasteiger partial charge in [0.05, 0.1) is 12.7 Å². The molecule has 1 heterocycles. The van der Waals surface area contributed by atoms with Gasteiger partial charge in [0.15, 0.2) is 0 Å². The minimum atomic E-state index is -0.474. The van der Waals surface area contributed by atoms with Crippen LogP contribution in [0.4, 0.5) is 0 Å². The van der Waals surface area contributed by atoms with Crippen LogP contribution in [-0.2, 0) is 19.3 Å². The van der Waals surface area contributed by atoms with E-state index in [0.717, 1.165) is 28.9 Å². The third-order valence-electron chi connectivity index (χ3n) is 3.67. The third kappa shape index (κ3) is 3.52. The molecule has 0 aliphatic carbocycles. The first-order chi connectivity index (χ1) is 10.1. The zero-order valence-electron chi connectivity index (χ0n) is 11.5. The molecule has 0 fully saturated rings. The summed E-state index contributed by atoms with van der Waals surface area (Å²) >= 11 is 12.0. The van der Waals surface area contributed by atoms with E-state index in [1.165, 1.54) is 0 Å². The second-order valence-electron chi connectivity index (χ2n) is 5.34. The molecule has 3 rings (SSSR count). The summed E-state index contributed by atoms with van der Waals surface area (Å²) in [5.41, 5.74) is 3.18. The minimum absolute atomic E-state index is 0.474. The lowest BCUT2D eigenvalue weighted by molar-refractivity contribution is 0.174. The van der Waals surface area contributed by atoms with Crippen molar-refractivity contribution < 1.29 is 9.84 Å². The maximum absolute atomic E-state index is 10.3. The van der Waals surface area contributed by atoms with Gasteiger partial charge in [0.1, 0.15) is 5.75 Å². The molecule has 0 amide bonds. The van der Waals surface area contributed by atoms with Gasteiger partial charge in [-0.2, -0.15) is 0 Å². The van der Waals surface area contributed by atoms with Crippen molar-refractivity contribution in [2.75, 3.05) is 6.61 Å². The minimum Gasteiger partial charge on any atom is -0.493 e. The van der Waals surface area contributed by atoms with Gasteiger partial charge in [-0.25, -0.2) is 0 Å². The Labute approximate surface area is 134 Å². The Balaban J connectivity index is 1.73. The van der Waals surface area contributed by atoms with Crippen molar-refractivity contribution in [2.45, 2.75) is 25.4 Å². The average Bonchev–Trinajstić information content (AvgIpc) is 2.89. The summed E-state index contributed by atoms with van der Waals surface area (Å²) in [4.78, 5) is 0. The predicted molar refractivity (Wildman–Crippen MR) is 85.5 cm³/mol. The molecule has 110 valence electrons. The SMILES string of the molecule is OC(Cc1ccc(Cl)cc1)Cc1cc(Cl)cc2c1OCC2. The molecule has 1 atom stereocenters. The van der Waals surface area contributed by atoms with Gasteiger partial charge < -0.3 is 9.84 Å². The molecule has 0 aromatic heterocycles. The maximum atomic E-state index is 10.3. The smallest absolute Gasteiger partial charge is 0.126 e. The van der Waals surface area contributed by atoms with Crippen LogP contribution in [0, 0.1) is 0 Å². The number of rotatable bonds is 4. The monoisotopic (exact) mass is 322 g/mol. The fourth-order valence-electron chi connectivity index (χ4n) is 2.72. The van der Waals surface area contributed by atoms with Gasteiger partial charge in [-0.15, -0.1) is 0 Å². The molecule has 0 bridgehead atoms. The second kappa shape index (κ2) is 6.27. The molecule has 2 aromatic rings. The number of benzene rings is 2. The number of fused-ring (bicyclic) bond motifs is 1. The average molecular weight is 323 g/mol. The van der Waals surface area contributed by atoms with Crippen LogP contribution in [-0.4, -0.2) is 17.8 Å². The second-order valence-corrected chi connectivity index (χ2v) is 6.21. The van der Waals surface area contributed by atoms with Crippen LogP contribution < -0.4 is 4.74 Å². The zero-order valence-corrected chi connectivity index (χ0v) is 13.0. The molecule has 2 aromatic carbocycles. The van der Waals surface area contributed by atoms with Crippen LogP contribution in [0.25, 0.3) is 0 Å². The van der Waals surface area contributed by atoms with Crippen molar-refractivity contribution in [1.82, 2.24) is 0 Å². The van der Waals surface area contributed by atoms with Crippen molar-refractivity contribution >= 4 is 23.2 Å². The maximum Gasteiger partial charge on any atom is 0.126 e. The first-order valence-corrected chi connectivity index (χ1v) is 7.74. The van der Waals surface area contributed by atoms with Crippen molar-refractivity contribution in [3.63, 3.8) is 0 Å². The molecular formula is C17H16Cl2O2. The first kappa shape index (κ1) is 14.7. The Bertz CT molecular complexity index is 638. The standard InChI is InChI=1S/C17H16Cl2O2/c18-14-3-1-11(2-4-14)7-16(20)10-13-9-15(19)8-12-5-6-21-17(12)13/h1-4,8-9,16,20H,5-7,10H2. The van der Waals surface area contributed by atoms with E-state index < -0.39 is 6.10 Å². The quantitative estimate of drug-likeness (QED) is 0.919. The summed E-state index contributed by atoms with van der Waals surface area (Å²) in [6.45, 7) is 0.690. The van der Waals surface area contributed by atoms with Crippen LogP contribution in [0.5, 0.6) is 5.75 Å². The lowest BCUT2D eigenvalue weighted by Crippen LogP contribution is -2.14. The van der Waals surface area contributed by atoms with Crippen LogP contribution >= 0.6 is 23.2 Å². The molecule has 1 N–H and O–H groups in total. The van der Waals surface area contributed by atoms with Gasteiger partial charge in [-0.1, -0.05) is 35.3 Å². The van der Waals surface area contributed by atoms with Gasteiger partial charge >= 0.3 is 0 Å². The predicted octanol–water partition coefficient (Wildman–Crippen LogP) is 4.07. The Kier molecular flexibility index (Phi) is 4.39. The molecule has 1 unspecified atom stereocenters. The van der Waals surface area contributed by atoms with Gasteiger partial charge in [-0.3, -0.25) is 0 Å². The molecule has 21 heavy (non-hydrogen) atoms. The van der Waals surface area contributed by atoms with E-state index in [4.69, 9.17) is 27.9 Å². The zero-order chi connectivity index (χ0) is 14.8. The summed E-state index contributed by atoms with van der Waals surface area (Å²) in [5, 5.41) is 11.7. The van der Waals surface area contributed by atoms with E-state index in [1.54, 1.807) is 0 Å². The van der Waals surface area contributed by atoms with E-state index in [1.807, 2.05) is 36.4 Å². The number of hydrogen-bond acceptors (Lipinski definition) is 2. The van der Waals surface area contributed by atoms with Gasteiger partial charge in [0, 0.05) is 22.9 Å². The summed E-state index contributed by atoms with van der Waals surface area (Å²) in [6, 6.07) is 11.4. The Hall–Kier alpha value is -1.22. The van der Waals surface area contributed by atoms with E-state index in [-0.39, 0.29) is 0 Å². The third-order valence-corrected chi connectivity index (χ3v) is 4.14. The largest absolute Gasteiger partial charge is 0.493 e. The summed E-state index contributed by atoms with van der Waals surface area (Å²) < 4.78 is 5.66. The van der Waals surface area contributed by atoms with E-state index >= 15 is 0 Å². The van der Waals surface area contributed by atoms with Crippen molar-refractivity contribution in [3.8, 4) is 5.75 Å². The fourth-order valence-corrected chi connectivity index (χ4v) is 3.11. The highest BCUT2D eigenvalue weighted by Crippen LogP contribution is 2.33. The molecule has 0 saturated heterocycles. The fraction of sp³-hybridized carbons (Fsp3) is 0.294. The van der Waals surface area contributed by atoms with E-state index in [0.29, 0.717) is 29.5 Å². The Morgan fingerprint density at radius 1 is 1.05 bits per heavy atom. The van der Waals surface area contributed by atoms with E-state index in [2.05, 4.69) is 0 Å². The summed E-state index contributed by atoms with van der Waals surface area (Å²) in [5.74, 6) is 0.898. The van der Waals surface area contributed by atoms with Crippen LogP contribution in [0.1, 0.15) is 16.7 Å². The lowest BCUT2D eigenvalue weighted by Gasteiger charge is -2.14. The van der Waals surface area contributed by atoms with Crippen molar-refractivity contribution in [1.29, 1.82) is 0 Å².